The molecule has 2 heterocycles. The number of rotatable bonds is 5. The maximum absolute atomic E-state index is 14.0. The normalized spacial score (nSPS) is 18.9. The van der Waals surface area contributed by atoms with Crippen LogP contribution in [0.15, 0.2) is 24.4 Å². The van der Waals surface area contributed by atoms with E-state index in [9.17, 15) is 18.7 Å². The van der Waals surface area contributed by atoms with Crippen LogP contribution in [0, 0.1) is 11.6 Å². The van der Waals surface area contributed by atoms with Crippen LogP contribution in [0.25, 0.3) is 0 Å². The number of carbonyl (C=O) groups excluding carboxylic acids is 1. The zero-order chi connectivity index (χ0) is 21.3. The number of urea groups is 1. The molecule has 2 aliphatic rings. The first kappa shape index (κ1) is 20.6. The Morgan fingerprint density at radius 2 is 2.07 bits per heavy atom. The molecule has 10 heteroatoms. The van der Waals surface area contributed by atoms with Gasteiger partial charge in [-0.1, -0.05) is 17.7 Å². The molecule has 1 aromatic heterocycles. The summed E-state index contributed by atoms with van der Waals surface area (Å²) in [6.45, 7) is 1.19. The Bertz CT molecular complexity index is 943. The monoisotopic (exact) mass is 437 g/mol. The Hall–Kier alpha value is -2.68. The molecule has 1 aliphatic carbocycles. The van der Waals surface area contributed by atoms with Gasteiger partial charge < -0.3 is 20.2 Å². The molecule has 1 aliphatic heterocycles. The molecule has 0 unspecified atom stereocenters. The van der Waals surface area contributed by atoms with E-state index in [2.05, 4.69) is 15.3 Å². The van der Waals surface area contributed by atoms with Crippen molar-refractivity contribution in [1.29, 1.82) is 0 Å². The van der Waals surface area contributed by atoms with Crippen LogP contribution in [0.5, 0.6) is 5.88 Å². The van der Waals surface area contributed by atoms with Crippen molar-refractivity contribution in [3.63, 3.8) is 0 Å². The third-order valence-corrected chi connectivity index (χ3v) is 5.64. The lowest BCUT2D eigenvalue weighted by Gasteiger charge is -2.39. The van der Waals surface area contributed by atoms with Crippen molar-refractivity contribution < 1.29 is 18.7 Å². The molecule has 2 N–H and O–H groups in total. The molecule has 0 radical (unpaired) electrons. The lowest BCUT2D eigenvalue weighted by Crippen LogP contribution is -2.54. The van der Waals surface area contributed by atoms with Crippen LogP contribution in [-0.2, 0) is 6.54 Å². The molecule has 4 rings (SSSR count). The fourth-order valence-electron chi connectivity index (χ4n) is 3.77. The summed E-state index contributed by atoms with van der Waals surface area (Å²) in [5.41, 5.74) is 0.365. The second-order valence-corrected chi connectivity index (χ2v) is 8.05. The van der Waals surface area contributed by atoms with E-state index in [0.717, 1.165) is 31.9 Å². The number of nitrogens with zero attached hydrogens (tertiary/aromatic N) is 4. The molecule has 2 amide bonds. The number of amides is 2. The molecular formula is C20H22ClF2N5O2. The fourth-order valence-corrected chi connectivity index (χ4v) is 3.93. The van der Waals surface area contributed by atoms with Crippen molar-refractivity contribution >= 4 is 23.6 Å². The number of aromatic hydroxyl groups is 1. The predicted molar refractivity (Wildman–Crippen MR) is 107 cm³/mol. The van der Waals surface area contributed by atoms with Gasteiger partial charge in [-0.05, 0) is 37.8 Å². The smallest absolute Gasteiger partial charge is 0.318 e. The van der Waals surface area contributed by atoms with Gasteiger partial charge in [-0.2, -0.15) is 9.37 Å². The summed E-state index contributed by atoms with van der Waals surface area (Å²) in [7, 11) is 0. The number of nitrogens with one attached hydrogen (secondary N) is 1. The van der Waals surface area contributed by atoms with Crippen LogP contribution in [0.3, 0.4) is 0 Å². The van der Waals surface area contributed by atoms with E-state index in [1.807, 2.05) is 9.80 Å². The number of aromatic nitrogens is 2. The highest BCUT2D eigenvalue weighted by atomic mass is 35.5. The summed E-state index contributed by atoms with van der Waals surface area (Å²) in [6.07, 6.45) is 4.39. The van der Waals surface area contributed by atoms with Gasteiger partial charge in [0.2, 0.25) is 11.8 Å². The van der Waals surface area contributed by atoms with E-state index in [4.69, 9.17) is 11.6 Å². The van der Waals surface area contributed by atoms with E-state index in [1.165, 1.54) is 6.07 Å². The second kappa shape index (κ2) is 8.59. The average molecular weight is 438 g/mol. The highest BCUT2D eigenvalue weighted by molar-refractivity contribution is 6.30. The lowest BCUT2D eigenvalue weighted by atomic mass is 10.0. The van der Waals surface area contributed by atoms with Crippen molar-refractivity contribution in [2.24, 2.45) is 0 Å². The Morgan fingerprint density at radius 1 is 1.27 bits per heavy atom. The van der Waals surface area contributed by atoms with Gasteiger partial charge in [-0.3, -0.25) is 0 Å². The molecule has 0 spiro atoms. The largest absolute Gasteiger partial charge is 0.491 e. The lowest BCUT2D eigenvalue weighted by molar-refractivity contribution is 0.160. The Labute approximate surface area is 177 Å². The molecule has 0 bridgehead atoms. The zero-order valence-corrected chi connectivity index (χ0v) is 16.9. The van der Waals surface area contributed by atoms with E-state index in [1.54, 1.807) is 12.1 Å². The minimum atomic E-state index is -0.874. The third kappa shape index (κ3) is 4.56. The van der Waals surface area contributed by atoms with Gasteiger partial charge in [0, 0.05) is 36.3 Å². The molecule has 1 saturated carbocycles. The van der Waals surface area contributed by atoms with Crippen molar-refractivity contribution in [3.05, 3.63) is 46.6 Å². The molecule has 160 valence electrons. The van der Waals surface area contributed by atoms with Gasteiger partial charge in [0.15, 0.2) is 0 Å². The number of benzene rings is 1. The summed E-state index contributed by atoms with van der Waals surface area (Å²) in [5, 5.41) is 12.7. The molecular weight excluding hydrogens is 416 g/mol. The molecule has 30 heavy (non-hydrogen) atoms. The summed E-state index contributed by atoms with van der Waals surface area (Å²) in [6, 6.07) is 4.17. The molecule has 2 fully saturated rings. The van der Waals surface area contributed by atoms with Gasteiger partial charge in [0.05, 0.1) is 12.2 Å². The van der Waals surface area contributed by atoms with Crippen LogP contribution in [0.4, 0.5) is 19.5 Å². The Morgan fingerprint density at radius 3 is 2.77 bits per heavy atom. The zero-order valence-electron chi connectivity index (χ0n) is 16.2. The molecule has 1 saturated heterocycles. The molecule has 7 nitrogen and oxygen atoms in total. The van der Waals surface area contributed by atoms with Crippen LogP contribution >= 0.6 is 11.6 Å². The van der Waals surface area contributed by atoms with Crippen molar-refractivity contribution in [1.82, 2.24) is 20.2 Å². The summed E-state index contributed by atoms with van der Waals surface area (Å²) >= 11 is 5.78. The van der Waals surface area contributed by atoms with Gasteiger partial charge in [-0.15, -0.1) is 0 Å². The number of piperidine rings is 1. The topological polar surface area (TPSA) is 81.6 Å². The van der Waals surface area contributed by atoms with E-state index >= 15 is 0 Å². The van der Waals surface area contributed by atoms with E-state index in [-0.39, 0.29) is 30.6 Å². The number of carbonyl (C=O) groups is 1. The minimum Gasteiger partial charge on any atom is -0.491 e. The van der Waals surface area contributed by atoms with Crippen molar-refractivity contribution in [2.75, 3.05) is 18.0 Å². The highest BCUT2D eigenvalue weighted by Gasteiger charge is 2.39. The van der Waals surface area contributed by atoms with Gasteiger partial charge in [-0.25, -0.2) is 14.2 Å². The van der Waals surface area contributed by atoms with Crippen LogP contribution in [0.2, 0.25) is 5.02 Å². The minimum absolute atomic E-state index is 0.0659. The first-order valence-electron chi connectivity index (χ1n) is 9.89. The van der Waals surface area contributed by atoms with Crippen LogP contribution in [-0.4, -0.2) is 51.2 Å². The first-order chi connectivity index (χ1) is 14.4. The maximum Gasteiger partial charge on any atom is 0.318 e. The number of hydrogen-bond donors (Lipinski definition) is 2. The van der Waals surface area contributed by atoms with Crippen molar-refractivity contribution in [2.45, 2.75) is 44.3 Å². The maximum atomic E-state index is 14.0. The quantitative estimate of drug-likeness (QED) is 0.748. The summed E-state index contributed by atoms with van der Waals surface area (Å²) in [4.78, 5) is 24.4. The van der Waals surface area contributed by atoms with E-state index < -0.39 is 17.5 Å². The van der Waals surface area contributed by atoms with Gasteiger partial charge in [0.25, 0.3) is 5.88 Å². The van der Waals surface area contributed by atoms with Gasteiger partial charge >= 0.3 is 6.03 Å². The molecule has 1 aromatic carbocycles. The summed E-state index contributed by atoms with van der Waals surface area (Å²) < 4.78 is 27.3. The van der Waals surface area contributed by atoms with Crippen LogP contribution < -0.4 is 10.2 Å². The van der Waals surface area contributed by atoms with Gasteiger partial charge in [0.1, 0.15) is 5.82 Å². The third-order valence-electron chi connectivity index (χ3n) is 5.41. The average Bonchev–Trinajstić information content (AvgIpc) is 3.55. The predicted octanol–water partition coefficient (Wildman–Crippen LogP) is 3.46. The number of hydrogen-bond acceptors (Lipinski definition) is 5. The fraction of sp³-hybridized carbons (Fsp3) is 0.450. The van der Waals surface area contributed by atoms with Crippen LogP contribution in [0.1, 0.15) is 31.2 Å². The molecule has 1 atom stereocenters. The first-order valence-corrected chi connectivity index (χ1v) is 10.3. The Balaban J connectivity index is 1.44. The highest BCUT2D eigenvalue weighted by Crippen LogP contribution is 2.32. The second-order valence-electron chi connectivity index (χ2n) is 7.62. The number of halogens is 3. The summed E-state index contributed by atoms with van der Waals surface area (Å²) in [5.74, 6) is -1.79. The van der Waals surface area contributed by atoms with Crippen molar-refractivity contribution in [3.8, 4) is 5.88 Å². The standard InChI is InChI=1S/C20H22ClF2N5O2/c21-13-4-3-12(16(22)8-13)9-25-20(30)28(14-5-6-14)15-2-1-7-27(11-15)19-24-10-17(23)18(29)26-19/h3-4,8,10,14-15H,1-2,5-7,9,11H2,(H,25,30)(H,24,26,29)/t15-/m1/s1. The Kier molecular flexibility index (Phi) is 5.90. The number of anilines is 1. The molecule has 2 aromatic rings. The van der Waals surface area contributed by atoms with E-state index in [0.29, 0.717) is 23.7 Å². The SMILES string of the molecule is O=C(NCc1ccc(Cl)cc1F)N(C1CC1)[C@@H]1CCCN(c2ncc(F)c(O)n2)C1.